The van der Waals surface area contributed by atoms with Gasteiger partial charge in [-0.2, -0.15) is 0 Å². The van der Waals surface area contributed by atoms with Gasteiger partial charge in [0, 0.05) is 6.04 Å². The fourth-order valence-corrected chi connectivity index (χ4v) is 1.96. The lowest BCUT2D eigenvalue weighted by molar-refractivity contribution is -0.140. The molecule has 19 heavy (non-hydrogen) atoms. The van der Waals surface area contributed by atoms with Crippen molar-refractivity contribution in [2.24, 2.45) is 5.92 Å². The van der Waals surface area contributed by atoms with Crippen LogP contribution in [0.15, 0.2) is 0 Å². The first-order valence-corrected chi connectivity index (χ1v) is 7.07. The van der Waals surface area contributed by atoms with Crippen LogP contribution < -0.4 is 10.6 Å². The van der Waals surface area contributed by atoms with E-state index in [0.29, 0.717) is 6.42 Å². The molecule has 0 spiro atoms. The lowest BCUT2D eigenvalue weighted by Gasteiger charge is -2.22. The van der Waals surface area contributed by atoms with Gasteiger partial charge in [0.25, 0.3) is 0 Å². The predicted octanol–water partition coefficient (Wildman–Crippen LogP) is 1.77. The number of hydrogen-bond donors (Lipinski definition) is 3. The summed E-state index contributed by atoms with van der Waals surface area (Å²) < 4.78 is 0. The zero-order chi connectivity index (χ0) is 15.0. The summed E-state index contributed by atoms with van der Waals surface area (Å²) in [4.78, 5) is 23.0. The SMILES string of the molecule is CCCC(C)NC(=O)C(C)NC(CC(C)C)C(=O)O. The molecule has 0 saturated heterocycles. The first-order valence-electron chi connectivity index (χ1n) is 7.07. The highest BCUT2D eigenvalue weighted by Gasteiger charge is 2.24. The molecular weight excluding hydrogens is 244 g/mol. The van der Waals surface area contributed by atoms with E-state index < -0.39 is 18.1 Å². The molecule has 5 nitrogen and oxygen atoms in total. The number of carbonyl (C=O) groups is 2. The summed E-state index contributed by atoms with van der Waals surface area (Å²) in [5, 5.41) is 14.9. The Bertz CT molecular complexity index is 292. The van der Waals surface area contributed by atoms with Gasteiger partial charge < -0.3 is 10.4 Å². The Morgan fingerprint density at radius 2 is 1.74 bits per heavy atom. The number of aliphatic carboxylic acids is 1. The number of carbonyl (C=O) groups excluding carboxylic acids is 1. The molecule has 3 N–H and O–H groups in total. The van der Waals surface area contributed by atoms with Gasteiger partial charge in [0.05, 0.1) is 6.04 Å². The van der Waals surface area contributed by atoms with Crippen LogP contribution in [0.3, 0.4) is 0 Å². The van der Waals surface area contributed by atoms with E-state index in [0.717, 1.165) is 12.8 Å². The minimum absolute atomic E-state index is 0.120. The Morgan fingerprint density at radius 3 is 2.16 bits per heavy atom. The molecule has 3 atom stereocenters. The Balaban J connectivity index is 4.34. The van der Waals surface area contributed by atoms with Crippen LogP contribution in [0.1, 0.15) is 53.9 Å². The van der Waals surface area contributed by atoms with Gasteiger partial charge in [0.15, 0.2) is 0 Å². The van der Waals surface area contributed by atoms with Gasteiger partial charge in [-0.15, -0.1) is 0 Å². The Morgan fingerprint density at radius 1 is 1.16 bits per heavy atom. The summed E-state index contributed by atoms with van der Waals surface area (Å²) in [5.41, 5.74) is 0. The Hall–Kier alpha value is -1.10. The molecule has 0 heterocycles. The van der Waals surface area contributed by atoms with Gasteiger partial charge in [-0.1, -0.05) is 27.2 Å². The van der Waals surface area contributed by atoms with E-state index in [-0.39, 0.29) is 17.9 Å². The molecule has 0 fully saturated rings. The lowest BCUT2D eigenvalue weighted by atomic mass is 10.0. The molecule has 0 radical (unpaired) electrons. The summed E-state index contributed by atoms with van der Waals surface area (Å²) >= 11 is 0. The summed E-state index contributed by atoms with van der Waals surface area (Å²) in [6.45, 7) is 9.64. The van der Waals surface area contributed by atoms with Crippen molar-refractivity contribution in [1.29, 1.82) is 0 Å². The fourth-order valence-electron chi connectivity index (χ4n) is 1.96. The van der Waals surface area contributed by atoms with Crippen molar-refractivity contribution in [3.05, 3.63) is 0 Å². The molecule has 0 aliphatic heterocycles. The Labute approximate surface area is 116 Å². The van der Waals surface area contributed by atoms with Gasteiger partial charge >= 0.3 is 5.97 Å². The van der Waals surface area contributed by atoms with Crippen LogP contribution in [0, 0.1) is 5.92 Å². The van der Waals surface area contributed by atoms with Gasteiger partial charge in [-0.25, -0.2) is 0 Å². The van der Waals surface area contributed by atoms with Crippen molar-refractivity contribution in [3.63, 3.8) is 0 Å². The fraction of sp³-hybridized carbons (Fsp3) is 0.857. The predicted molar refractivity (Wildman–Crippen MR) is 76.0 cm³/mol. The number of carboxylic acid groups (broad SMARTS) is 1. The third kappa shape index (κ3) is 7.82. The number of nitrogens with one attached hydrogen (secondary N) is 2. The maximum atomic E-state index is 11.9. The van der Waals surface area contributed by atoms with E-state index in [2.05, 4.69) is 17.6 Å². The molecule has 1 amide bonds. The van der Waals surface area contributed by atoms with Crippen LogP contribution in [0.4, 0.5) is 0 Å². The number of carboxylic acids is 1. The van der Waals surface area contributed by atoms with Crippen LogP contribution in [-0.2, 0) is 9.59 Å². The first-order chi connectivity index (χ1) is 8.77. The monoisotopic (exact) mass is 272 g/mol. The molecule has 0 aromatic carbocycles. The summed E-state index contributed by atoms with van der Waals surface area (Å²) in [6.07, 6.45) is 2.44. The van der Waals surface area contributed by atoms with Crippen molar-refractivity contribution in [2.75, 3.05) is 0 Å². The van der Waals surface area contributed by atoms with E-state index in [1.807, 2.05) is 20.8 Å². The van der Waals surface area contributed by atoms with Crippen molar-refractivity contribution in [2.45, 2.75) is 72.0 Å². The van der Waals surface area contributed by atoms with Gasteiger partial charge in [0.2, 0.25) is 5.91 Å². The van der Waals surface area contributed by atoms with E-state index in [4.69, 9.17) is 5.11 Å². The maximum Gasteiger partial charge on any atom is 0.320 e. The van der Waals surface area contributed by atoms with Crippen LogP contribution in [0.25, 0.3) is 0 Å². The van der Waals surface area contributed by atoms with Gasteiger partial charge in [-0.3, -0.25) is 14.9 Å². The number of hydrogen-bond acceptors (Lipinski definition) is 3. The molecule has 0 rings (SSSR count). The average molecular weight is 272 g/mol. The summed E-state index contributed by atoms with van der Waals surface area (Å²) in [5.74, 6) is -0.784. The molecular formula is C14H28N2O3. The number of rotatable bonds is 9. The zero-order valence-electron chi connectivity index (χ0n) is 12.7. The topological polar surface area (TPSA) is 78.4 Å². The van der Waals surface area contributed by atoms with Crippen molar-refractivity contribution < 1.29 is 14.7 Å². The second-order valence-electron chi connectivity index (χ2n) is 5.61. The third-order valence-electron chi connectivity index (χ3n) is 2.96. The minimum atomic E-state index is -0.907. The van der Waals surface area contributed by atoms with E-state index in [1.165, 1.54) is 0 Å². The van der Waals surface area contributed by atoms with Crippen LogP contribution in [0.2, 0.25) is 0 Å². The van der Waals surface area contributed by atoms with Crippen LogP contribution in [0.5, 0.6) is 0 Å². The van der Waals surface area contributed by atoms with Crippen LogP contribution >= 0.6 is 0 Å². The molecule has 0 aliphatic rings. The molecule has 0 aromatic heterocycles. The minimum Gasteiger partial charge on any atom is -0.480 e. The van der Waals surface area contributed by atoms with E-state index in [9.17, 15) is 9.59 Å². The third-order valence-corrected chi connectivity index (χ3v) is 2.96. The summed E-state index contributed by atoms with van der Waals surface area (Å²) in [6, 6.07) is -1.06. The van der Waals surface area contributed by atoms with E-state index in [1.54, 1.807) is 6.92 Å². The zero-order valence-corrected chi connectivity index (χ0v) is 12.7. The molecule has 0 bridgehead atoms. The van der Waals surface area contributed by atoms with Crippen molar-refractivity contribution >= 4 is 11.9 Å². The van der Waals surface area contributed by atoms with E-state index >= 15 is 0 Å². The quantitative estimate of drug-likeness (QED) is 0.598. The highest BCUT2D eigenvalue weighted by atomic mass is 16.4. The van der Waals surface area contributed by atoms with Crippen molar-refractivity contribution in [3.8, 4) is 0 Å². The largest absolute Gasteiger partial charge is 0.480 e. The summed E-state index contributed by atoms with van der Waals surface area (Å²) in [7, 11) is 0. The normalized spacial score (nSPS) is 15.9. The smallest absolute Gasteiger partial charge is 0.320 e. The second kappa shape index (κ2) is 8.91. The second-order valence-corrected chi connectivity index (χ2v) is 5.61. The standard InChI is InChI=1S/C14H28N2O3/c1-6-7-10(4)15-13(17)11(5)16-12(14(18)19)8-9(2)3/h9-12,16H,6-8H2,1-5H3,(H,15,17)(H,18,19). The lowest BCUT2D eigenvalue weighted by Crippen LogP contribution is -2.51. The van der Waals surface area contributed by atoms with Crippen molar-refractivity contribution in [1.82, 2.24) is 10.6 Å². The average Bonchev–Trinajstić information content (AvgIpc) is 2.27. The van der Waals surface area contributed by atoms with Crippen LogP contribution in [-0.4, -0.2) is 35.1 Å². The van der Waals surface area contributed by atoms with Gasteiger partial charge in [0.1, 0.15) is 6.04 Å². The molecule has 3 unspecified atom stereocenters. The highest BCUT2D eigenvalue weighted by Crippen LogP contribution is 2.06. The molecule has 5 heteroatoms. The molecule has 0 aromatic rings. The molecule has 0 saturated carbocycles. The number of amides is 1. The molecule has 112 valence electrons. The first kappa shape index (κ1) is 17.9. The highest BCUT2D eigenvalue weighted by molar-refractivity contribution is 5.82. The molecule has 0 aliphatic carbocycles. The Kier molecular flexibility index (Phi) is 8.39. The maximum absolute atomic E-state index is 11.9. The van der Waals surface area contributed by atoms with Gasteiger partial charge in [-0.05, 0) is 32.6 Å².